The third-order valence-electron chi connectivity index (χ3n) is 9.55. The van der Waals surface area contributed by atoms with E-state index in [0.29, 0.717) is 34.3 Å². The second kappa shape index (κ2) is 13.2. The number of aromatic nitrogens is 3. The fourth-order valence-electron chi connectivity index (χ4n) is 7.66. The van der Waals surface area contributed by atoms with Gasteiger partial charge in [0.1, 0.15) is 41.8 Å². The Bertz CT molecular complexity index is 1790. The summed E-state index contributed by atoms with van der Waals surface area (Å²) in [4.78, 5) is 11.5. The Balaban J connectivity index is 1.30. The molecule has 3 aromatic rings. The molecule has 48 heavy (non-hydrogen) atoms. The molecule has 1 aliphatic carbocycles. The maximum absolute atomic E-state index is 14.3. The molecule has 3 saturated heterocycles. The highest BCUT2D eigenvalue weighted by atomic mass is 35.5. The van der Waals surface area contributed by atoms with Crippen LogP contribution >= 0.6 is 19.2 Å². The van der Waals surface area contributed by atoms with Crippen LogP contribution in [0.4, 0.5) is 5.82 Å². The summed E-state index contributed by atoms with van der Waals surface area (Å²) >= 11 is 6.62. The summed E-state index contributed by atoms with van der Waals surface area (Å²) in [6.45, 7) is 9.03. The lowest BCUT2D eigenvalue weighted by atomic mass is 10.0. The third kappa shape index (κ3) is 6.33. The number of hydrogen-bond acceptors (Lipinski definition) is 12. The predicted molar refractivity (Wildman–Crippen MR) is 178 cm³/mol. The van der Waals surface area contributed by atoms with Crippen LogP contribution in [0.3, 0.4) is 0 Å². The van der Waals surface area contributed by atoms with Crippen LogP contribution in [0, 0.1) is 11.8 Å². The summed E-state index contributed by atoms with van der Waals surface area (Å²) in [5.74, 6) is 0.565. The molecule has 16 heteroatoms. The lowest BCUT2D eigenvalue weighted by Crippen LogP contribution is -2.33. The van der Waals surface area contributed by atoms with E-state index in [4.69, 9.17) is 39.6 Å². The summed E-state index contributed by atoms with van der Waals surface area (Å²) in [5.41, 5.74) is 1.17. The Morgan fingerprint density at radius 2 is 1.69 bits per heavy atom. The maximum Gasteiger partial charge on any atom is 0.356 e. The van der Waals surface area contributed by atoms with E-state index in [1.807, 2.05) is 13.8 Å². The van der Waals surface area contributed by atoms with Gasteiger partial charge in [0.2, 0.25) is 5.28 Å². The van der Waals surface area contributed by atoms with Crippen LogP contribution in [0.25, 0.3) is 11.0 Å². The second-order valence-corrected chi connectivity index (χ2v) is 17.3. The van der Waals surface area contributed by atoms with Crippen molar-refractivity contribution in [2.24, 2.45) is 11.8 Å². The molecule has 4 aliphatic rings. The lowest BCUT2D eigenvalue weighted by molar-refractivity contribution is -0.192. The molecule has 5 heterocycles. The highest BCUT2D eigenvalue weighted by molar-refractivity contribution is 7.90. The molecule has 4 fully saturated rings. The predicted octanol–water partition coefficient (Wildman–Crippen LogP) is 5.76. The molecule has 0 amide bonds. The van der Waals surface area contributed by atoms with Crippen molar-refractivity contribution < 1.29 is 41.0 Å². The zero-order valence-electron chi connectivity index (χ0n) is 27.5. The van der Waals surface area contributed by atoms with E-state index in [0.717, 1.165) is 25.9 Å². The molecule has 7 rings (SSSR count). The molecule has 0 bridgehead atoms. The maximum atomic E-state index is 14.3. The molecule has 6 atom stereocenters. The SMILES string of the molecule is CCOP(=O)(COC[C@H]1OC(c2cn(S(=O)(=O)c3ccccc3)c3c(N4CC5CCCC5C4)nc(Cl)nc23)[C@@H]2OC(C)(C)O[C@H]12)OCC. The van der Waals surface area contributed by atoms with Crippen LogP contribution in [0.15, 0.2) is 41.4 Å². The molecular weight excluding hydrogens is 683 g/mol. The van der Waals surface area contributed by atoms with E-state index in [9.17, 15) is 13.0 Å². The molecule has 0 spiro atoms. The van der Waals surface area contributed by atoms with Gasteiger partial charge in [0.25, 0.3) is 10.0 Å². The number of benzene rings is 1. The van der Waals surface area contributed by atoms with Crippen molar-refractivity contribution in [3.63, 3.8) is 0 Å². The van der Waals surface area contributed by atoms with Crippen molar-refractivity contribution in [1.29, 1.82) is 0 Å². The van der Waals surface area contributed by atoms with Crippen LogP contribution in [0.2, 0.25) is 5.28 Å². The summed E-state index contributed by atoms with van der Waals surface area (Å²) in [5, 5.41) is 0.00613. The molecule has 3 unspecified atom stereocenters. The number of rotatable bonds is 12. The van der Waals surface area contributed by atoms with Gasteiger partial charge in [-0.05, 0) is 76.1 Å². The second-order valence-electron chi connectivity index (χ2n) is 13.2. The number of fused-ring (bicyclic) bond motifs is 3. The van der Waals surface area contributed by atoms with Crippen molar-refractivity contribution in [3.05, 3.63) is 47.4 Å². The minimum Gasteiger partial charge on any atom is -0.366 e. The van der Waals surface area contributed by atoms with Gasteiger partial charge in [-0.1, -0.05) is 24.6 Å². The Morgan fingerprint density at radius 3 is 2.35 bits per heavy atom. The third-order valence-corrected chi connectivity index (χ3v) is 13.2. The number of halogens is 1. The van der Waals surface area contributed by atoms with Gasteiger partial charge in [0.15, 0.2) is 11.6 Å². The van der Waals surface area contributed by atoms with Crippen molar-refractivity contribution in [1.82, 2.24) is 13.9 Å². The summed E-state index contributed by atoms with van der Waals surface area (Å²) in [6, 6.07) is 8.27. The van der Waals surface area contributed by atoms with Crippen LogP contribution in [0.1, 0.15) is 58.6 Å². The fraction of sp³-hybridized carbons (Fsp3) is 0.625. The zero-order chi connectivity index (χ0) is 33.8. The number of hydrogen-bond donors (Lipinski definition) is 0. The zero-order valence-corrected chi connectivity index (χ0v) is 30.0. The summed E-state index contributed by atoms with van der Waals surface area (Å²) in [7, 11) is -7.57. The van der Waals surface area contributed by atoms with Crippen molar-refractivity contribution in [3.8, 4) is 0 Å². The van der Waals surface area contributed by atoms with Crippen molar-refractivity contribution in [2.75, 3.05) is 44.2 Å². The highest BCUT2D eigenvalue weighted by Crippen LogP contribution is 2.50. The molecule has 3 aliphatic heterocycles. The normalized spacial score (nSPS) is 28.4. The summed E-state index contributed by atoms with van der Waals surface area (Å²) < 4.78 is 78.9. The van der Waals surface area contributed by atoms with Crippen LogP contribution in [-0.4, -0.2) is 85.7 Å². The van der Waals surface area contributed by atoms with Gasteiger partial charge < -0.3 is 32.9 Å². The highest BCUT2D eigenvalue weighted by Gasteiger charge is 2.56. The first-order chi connectivity index (χ1) is 22.9. The average Bonchev–Trinajstić information content (AvgIpc) is 3.84. The Morgan fingerprint density at radius 1 is 1.02 bits per heavy atom. The number of anilines is 1. The average molecular weight is 725 g/mol. The summed E-state index contributed by atoms with van der Waals surface area (Å²) in [6.07, 6.45) is 2.08. The van der Waals surface area contributed by atoms with E-state index < -0.39 is 47.8 Å². The first kappa shape index (κ1) is 34.3. The minimum absolute atomic E-state index is 0.000253. The monoisotopic (exact) mass is 724 g/mol. The first-order valence-electron chi connectivity index (χ1n) is 16.5. The number of ether oxygens (including phenoxy) is 4. The van der Waals surface area contributed by atoms with E-state index in [-0.39, 0.29) is 36.3 Å². The van der Waals surface area contributed by atoms with E-state index in [1.165, 1.54) is 10.4 Å². The molecule has 0 N–H and O–H groups in total. The topological polar surface area (TPSA) is 141 Å². The van der Waals surface area contributed by atoms with Crippen LogP contribution in [0.5, 0.6) is 0 Å². The Hall–Kier alpha value is -2.13. The minimum atomic E-state index is -4.10. The van der Waals surface area contributed by atoms with Gasteiger partial charge >= 0.3 is 7.60 Å². The van der Waals surface area contributed by atoms with Crippen LogP contribution < -0.4 is 4.90 Å². The first-order valence-corrected chi connectivity index (χ1v) is 20.1. The Kier molecular flexibility index (Phi) is 9.44. The van der Waals surface area contributed by atoms with Gasteiger partial charge in [-0.15, -0.1) is 0 Å². The smallest absolute Gasteiger partial charge is 0.356 e. The molecule has 13 nitrogen and oxygen atoms in total. The van der Waals surface area contributed by atoms with Crippen molar-refractivity contribution in [2.45, 2.75) is 82.1 Å². The number of nitrogens with zero attached hydrogens (tertiary/aromatic N) is 4. The molecule has 262 valence electrons. The molecule has 1 aromatic carbocycles. The van der Waals surface area contributed by atoms with Gasteiger partial charge in [-0.2, -0.15) is 4.98 Å². The van der Waals surface area contributed by atoms with E-state index in [1.54, 1.807) is 50.4 Å². The molecule has 0 radical (unpaired) electrons. The molecule has 2 aromatic heterocycles. The van der Waals surface area contributed by atoms with Crippen LogP contribution in [-0.2, 0) is 42.6 Å². The fourth-order valence-corrected chi connectivity index (χ4v) is 10.6. The van der Waals surface area contributed by atoms with Gasteiger partial charge in [0.05, 0.1) is 24.7 Å². The molecular formula is C32H42ClN4O9PS. The Labute approximate surface area is 285 Å². The van der Waals surface area contributed by atoms with Crippen molar-refractivity contribution >= 4 is 46.1 Å². The van der Waals surface area contributed by atoms with Gasteiger partial charge in [-0.25, -0.2) is 17.4 Å². The molecule has 1 saturated carbocycles. The van der Waals surface area contributed by atoms with E-state index >= 15 is 0 Å². The van der Waals surface area contributed by atoms with E-state index in [2.05, 4.69) is 14.9 Å². The largest absolute Gasteiger partial charge is 0.366 e. The van der Waals surface area contributed by atoms with Gasteiger partial charge in [-0.3, -0.25) is 4.57 Å². The quantitative estimate of drug-likeness (QED) is 0.166. The lowest BCUT2D eigenvalue weighted by Gasteiger charge is -2.24. The standard InChI is InChI=1S/C32H42ClN4O9PS/c1-5-42-47(38,43-6-2)19-41-18-24-28-29(46-32(3,4)45-28)27(44-24)23-17-37(48(39,40)22-13-8-7-9-14-22)26-25(23)34-31(33)35-30(26)36-15-20-11-10-12-21(20)16-36/h7-9,13-14,17,20-21,24,27-29H,5-6,10-12,15-16,18-19H2,1-4H3/t20?,21?,24-,27?,28-,29+/m1/s1. The van der Waals surface area contributed by atoms with Gasteiger partial charge in [0, 0.05) is 24.8 Å².